The van der Waals surface area contributed by atoms with Crippen LogP contribution in [0.1, 0.15) is 38.3 Å². The number of nitrogens with two attached hydrogens (primary N) is 1. The highest BCUT2D eigenvalue weighted by Gasteiger charge is 2.32. The fraction of sp³-hybridized carbons (Fsp3) is 0.571. The van der Waals surface area contributed by atoms with Crippen molar-refractivity contribution >= 4 is 5.69 Å². The van der Waals surface area contributed by atoms with Crippen LogP contribution in [-0.4, -0.2) is 23.8 Å². The van der Waals surface area contributed by atoms with Crippen LogP contribution < -0.4 is 10.6 Å². The van der Waals surface area contributed by atoms with Gasteiger partial charge in [-0.1, -0.05) is 25.1 Å². The highest BCUT2D eigenvalue weighted by Crippen LogP contribution is 2.32. The largest absolute Gasteiger partial charge is 0.388 e. The molecule has 0 aromatic heterocycles. The number of nitrogens with zero attached hydrogens (tertiary/aromatic N) is 1. The van der Waals surface area contributed by atoms with Gasteiger partial charge in [0.05, 0.1) is 5.60 Å². The second-order valence-corrected chi connectivity index (χ2v) is 5.24. The Morgan fingerprint density at radius 2 is 2.18 bits per heavy atom. The normalized spacial score (nSPS) is 26.2. The zero-order chi connectivity index (χ0) is 12.5. The molecule has 2 atom stereocenters. The van der Waals surface area contributed by atoms with Crippen molar-refractivity contribution in [3.8, 4) is 0 Å². The van der Waals surface area contributed by atoms with Crippen LogP contribution in [0.5, 0.6) is 0 Å². The minimum Gasteiger partial charge on any atom is -0.388 e. The van der Waals surface area contributed by atoms with Gasteiger partial charge < -0.3 is 15.7 Å². The van der Waals surface area contributed by atoms with Crippen LogP contribution >= 0.6 is 0 Å². The van der Waals surface area contributed by atoms with E-state index in [2.05, 4.69) is 24.0 Å². The summed E-state index contributed by atoms with van der Waals surface area (Å²) in [6.45, 7) is 5.60. The van der Waals surface area contributed by atoms with E-state index in [1.807, 2.05) is 19.1 Å². The van der Waals surface area contributed by atoms with Crippen LogP contribution in [0.2, 0.25) is 0 Å². The molecule has 3 nitrogen and oxygen atoms in total. The Balaban J connectivity index is 2.27. The fourth-order valence-corrected chi connectivity index (χ4v) is 2.46. The van der Waals surface area contributed by atoms with Gasteiger partial charge in [-0.25, -0.2) is 0 Å². The second kappa shape index (κ2) is 4.67. The molecule has 0 radical (unpaired) electrons. The summed E-state index contributed by atoms with van der Waals surface area (Å²) < 4.78 is 0. The van der Waals surface area contributed by atoms with E-state index in [1.54, 1.807) is 0 Å². The minimum atomic E-state index is -0.566. The van der Waals surface area contributed by atoms with Crippen LogP contribution in [-0.2, 0) is 0 Å². The minimum absolute atomic E-state index is 0.0803. The third-order valence-electron chi connectivity index (χ3n) is 3.57. The van der Waals surface area contributed by atoms with E-state index in [1.165, 1.54) is 11.3 Å². The molecule has 17 heavy (non-hydrogen) atoms. The van der Waals surface area contributed by atoms with Crippen molar-refractivity contribution in [1.29, 1.82) is 0 Å². The van der Waals surface area contributed by atoms with Crippen molar-refractivity contribution < 1.29 is 5.11 Å². The molecule has 1 aliphatic heterocycles. The zero-order valence-electron chi connectivity index (χ0n) is 10.7. The molecule has 0 spiro atoms. The van der Waals surface area contributed by atoms with E-state index in [9.17, 15) is 5.11 Å². The third-order valence-corrected chi connectivity index (χ3v) is 3.57. The molecule has 94 valence electrons. The lowest BCUT2D eigenvalue weighted by Crippen LogP contribution is -2.30. The number of hydrogen-bond donors (Lipinski definition) is 2. The van der Waals surface area contributed by atoms with Crippen molar-refractivity contribution in [3.05, 3.63) is 29.8 Å². The molecule has 1 saturated heterocycles. The number of β-amino-alcohol motifs (C(OH)–C–C–N with tert-alkyl or cyclic N) is 1. The zero-order valence-corrected chi connectivity index (χ0v) is 10.7. The Hall–Kier alpha value is -1.06. The number of aliphatic hydroxyl groups is 1. The van der Waals surface area contributed by atoms with Crippen molar-refractivity contribution in [1.82, 2.24) is 0 Å². The molecular weight excluding hydrogens is 212 g/mol. The maximum atomic E-state index is 10.0. The van der Waals surface area contributed by atoms with Crippen LogP contribution in [0.25, 0.3) is 0 Å². The van der Waals surface area contributed by atoms with Crippen LogP contribution in [0.15, 0.2) is 24.3 Å². The quantitative estimate of drug-likeness (QED) is 0.841. The molecule has 1 fully saturated rings. The summed E-state index contributed by atoms with van der Waals surface area (Å²) in [6.07, 6.45) is 1.75. The Morgan fingerprint density at radius 1 is 1.47 bits per heavy atom. The third kappa shape index (κ3) is 2.61. The van der Waals surface area contributed by atoms with Crippen LogP contribution in [0, 0.1) is 0 Å². The number of hydrogen-bond acceptors (Lipinski definition) is 3. The van der Waals surface area contributed by atoms with Gasteiger partial charge >= 0.3 is 0 Å². The first-order valence-electron chi connectivity index (χ1n) is 6.35. The van der Waals surface area contributed by atoms with Gasteiger partial charge in [0, 0.05) is 24.8 Å². The Kier molecular flexibility index (Phi) is 3.40. The standard InChI is InChI=1S/C14H22N2O/c1-3-12(15)11-6-4-5-7-13(11)16-9-8-14(2,17)10-16/h4-7,12,17H,3,8-10,15H2,1-2H3/t12-,14?/m1/s1. The van der Waals surface area contributed by atoms with Gasteiger partial charge in [-0.05, 0) is 31.4 Å². The molecule has 1 heterocycles. The maximum Gasteiger partial charge on any atom is 0.0810 e. The molecule has 3 heteroatoms. The lowest BCUT2D eigenvalue weighted by atomic mass is 10.0. The van der Waals surface area contributed by atoms with Crippen molar-refractivity contribution in [2.24, 2.45) is 5.73 Å². The van der Waals surface area contributed by atoms with Gasteiger partial charge in [0.25, 0.3) is 0 Å². The number of para-hydroxylation sites is 1. The molecule has 0 amide bonds. The first-order valence-corrected chi connectivity index (χ1v) is 6.35. The number of anilines is 1. The summed E-state index contributed by atoms with van der Waals surface area (Å²) >= 11 is 0. The van der Waals surface area contributed by atoms with E-state index < -0.39 is 5.60 Å². The predicted octanol–water partition coefficient (Wildman–Crippen LogP) is 2.06. The molecule has 2 rings (SSSR count). The summed E-state index contributed by atoms with van der Waals surface area (Å²) in [5.41, 5.74) is 7.94. The monoisotopic (exact) mass is 234 g/mol. The van der Waals surface area contributed by atoms with E-state index in [0.717, 1.165) is 19.4 Å². The first kappa shape index (κ1) is 12.4. The molecule has 1 unspecified atom stereocenters. The van der Waals surface area contributed by atoms with E-state index >= 15 is 0 Å². The van der Waals surface area contributed by atoms with Crippen molar-refractivity contribution in [2.45, 2.75) is 38.3 Å². The molecule has 0 bridgehead atoms. The summed E-state index contributed by atoms with van der Waals surface area (Å²) in [6, 6.07) is 8.34. The SMILES string of the molecule is CC[C@@H](N)c1ccccc1N1CCC(C)(O)C1. The second-order valence-electron chi connectivity index (χ2n) is 5.24. The van der Waals surface area contributed by atoms with Gasteiger partial charge in [-0.15, -0.1) is 0 Å². The Morgan fingerprint density at radius 3 is 2.76 bits per heavy atom. The van der Waals surface area contributed by atoms with E-state index in [4.69, 9.17) is 5.73 Å². The van der Waals surface area contributed by atoms with Gasteiger partial charge in [0.2, 0.25) is 0 Å². The predicted molar refractivity (Wildman–Crippen MR) is 71.1 cm³/mol. The lowest BCUT2D eigenvalue weighted by Gasteiger charge is -2.25. The van der Waals surface area contributed by atoms with Gasteiger partial charge in [-0.2, -0.15) is 0 Å². The van der Waals surface area contributed by atoms with Gasteiger partial charge in [0.15, 0.2) is 0 Å². The van der Waals surface area contributed by atoms with Gasteiger partial charge in [-0.3, -0.25) is 0 Å². The average molecular weight is 234 g/mol. The lowest BCUT2D eigenvalue weighted by molar-refractivity contribution is 0.0839. The summed E-state index contributed by atoms with van der Waals surface area (Å²) in [5, 5.41) is 10.0. The topological polar surface area (TPSA) is 49.5 Å². The summed E-state index contributed by atoms with van der Waals surface area (Å²) in [7, 11) is 0. The summed E-state index contributed by atoms with van der Waals surface area (Å²) in [4.78, 5) is 2.24. The maximum absolute atomic E-state index is 10.0. The number of benzene rings is 1. The van der Waals surface area contributed by atoms with E-state index in [0.29, 0.717) is 6.54 Å². The summed E-state index contributed by atoms with van der Waals surface area (Å²) in [5.74, 6) is 0. The van der Waals surface area contributed by atoms with Crippen LogP contribution in [0.3, 0.4) is 0 Å². The highest BCUT2D eigenvalue weighted by molar-refractivity contribution is 5.56. The highest BCUT2D eigenvalue weighted by atomic mass is 16.3. The number of rotatable bonds is 3. The fourth-order valence-electron chi connectivity index (χ4n) is 2.46. The first-order chi connectivity index (χ1) is 8.03. The molecular formula is C14H22N2O. The molecule has 0 saturated carbocycles. The average Bonchev–Trinajstić information content (AvgIpc) is 2.68. The van der Waals surface area contributed by atoms with Crippen molar-refractivity contribution in [3.63, 3.8) is 0 Å². The molecule has 1 aromatic rings. The smallest absolute Gasteiger partial charge is 0.0810 e. The van der Waals surface area contributed by atoms with Gasteiger partial charge in [0.1, 0.15) is 0 Å². The Labute approximate surface area is 103 Å². The molecule has 1 aliphatic rings. The molecule has 3 N–H and O–H groups in total. The van der Waals surface area contributed by atoms with Crippen LogP contribution in [0.4, 0.5) is 5.69 Å². The molecule has 0 aliphatic carbocycles. The van der Waals surface area contributed by atoms with Crippen molar-refractivity contribution in [2.75, 3.05) is 18.0 Å². The molecule has 1 aromatic carbocycles. The van der Waals surface area contributed by atoms with E-state index in [-0.39, 0.29) is 6.04 Å². The Bertz CT molecular complexity index is 390.